The molecule has 2 rings (SSSR count). The van der Waals surface area contributed by atoms with Gasteiger partial charge in [-0.15, -0.1) is 0 Å². The normalized spacial score (nSPS) is 15.7. The minimum absolute atomic E-state index is 0.0487. The summed E-state index contributed by atoms with van der Waals surface area (Å²) in [5.41, 5.74) is 2.86. The SMILES string of the molecule is CCCCN(CCCC)c1ccc(C=C2N=C(SCC)SC2=O)cc1. The van der Waals surface area contributed by atoms with Gasteiger partial charge in [-0.3, -0.25) is 4.79 Å². The molecule has 1 heterocycles. The van der Waals surface area contributed by atoms with E-state index in [1.165, 1.54) is 43.1 Å². The van der Waals surface area contributed by atoms with E-state index in [0.717, 1.165) is 28.8 Å². The number of carbonyl (C=O) groups is 1. The second-order valence-electron chi connectivity index (χ2n) is 6.02. The molecule has 0 spiro atoms. The molecule has 0 radical (unpaired) electrons. The van der Waals surface area contributed by atoms with E-state index in [4.69, 9.17) is 0 Å². The Morgan fingerprint density at radius 2 is 1.72 bits per heavy atom. The van der Waals surface area contributed by atoms with Gasteiger partial charge in [0.15, 0.2) is 0 Å². The van der Waals surface area contributed by atoms with Gasteiger partial charge in [0.2, 0.25) is 5.12 Å². The molecule has 1 aromatic carbocycles. The van der Waals surface area contributed by atoms with Crippen LogP contribution in [0.3, 0.4) is 0 Å². The molecule has 0 aromatic heterocycles. The Morgan fingerprint density at radius 1 is 1.08 bits per heavy atom. The van der Waals surface area contributed by atoms with Gasteiger partial charge in [0.05, 0.1) is 0 Å². The molecule has 0 amide bonds. The van der Waals surface area contributed by atoms with Crippen molar-refractivity contribution in [1.29, 1.82) is 0 Å². The maximum absolute atomic E-state index is 12.0. The lowest BCUT2D eigenvalue weighted by Gasteiger charge is -2.24. The predicted octanol–water partition coefficient (Wildman–Crippen LogP) is 5.82. The molecule has 1 aliphatic rings. The number of aliphatic imine (C=N–C) groups is 1. The first-order valence-corrected chi connectivity index (χ1v) is 11.0. The molecular formula is C20H28N2OS2. The quantitative estimate of drug-likeness (QED) is 0.509. The topological polar surface area (TPSA) is 32.7 Å². The molecule has 0 unspecified atom stereocenters. The van der Waals surface area contributed by atoms with Crippen LogP contribution in [-0.2, 0) is 4.79 Å². The second-order valence-corrected chi connectivity index (χ2v) is 8.49. The van der Waals surface area contributed by atoms with Gasteiger partial charge in [0, 0.05) is 18.8 Å². The number of anilines is 1. The third-order valence-electron chi connectivity index (χ3n) is 3.99. The van der Waals surface area contributed by atoms with Crippen molar-refractivity contribution in [3.05, 3.63) is 35.5 Å². The summed E-state index contributed by atoms with van der Waals surface area (Å²) in [5, 5.41) is 0.0487. The van der Waals surface area contributed by atoms with Gasteiger partial charge in [-0.1, -0.05) is 57.5 Å². The Morgan fingerprint density at radius 3 is 2.28 bits per heavy atom. The molecule has 1 aromatic rings. The van der Waals surface area contributed by atoms with E-state index < -0.39 is 0 Å². The highest BCUT2D eigenvalue weighted by molar-refractivity contribution is 8.45. The van der Waals surface area contributed by atoms with Crippen LogP contribution in [0.15, 0.2) is 35.0 Å². The largest absolute Gasteiger partial charge is 0.372 e. The number of thioether (sulfide) groups is 2. The van der Waals surface area contributed by atoms with E-state index in [0.29, 0.717) is 5.70 Å². The fourth-order valence-corrected chi connectivity index (χ4v) is 4.32. The Bertz CT molecular complexity index is 615. The van der Waals surface area contributed by atoms with Crippen LogP contribution in [0, 0.1) is 0 Å². The minimum atomic E-state index is 0.0487. The molecule has 0 saturated heterocycles. The van der Waals surface area contributed by atoms with Crippen molar-refractivity contribution in [3.63, 3.8) is 0 Å². The third kappa shape index (κ3) is 6.23. The molecule has 1 aliphatic heterocycles. The molecule has 25 heavy (non-hydrogen) atoms. The zero-order valence-corrected chi connectivity index (χ0v) is 17.1. The Labute approximate surface area is 160 Å². The van der Waals surface area contributed by atoms with Crippen molar-refractivity contribution in [3.8, 4) is 0 Å². The Kier molecular flexibility index (Phi) is 8.62. The van der Waals surface area contributed by atoms with Crippen LogP contribution < -0.4 is 4.90 Å². The number of nitrogens with zero attached hydrogens (tertiary/aromatic N) is 2. The van der Waals surface area contributed by atoms with Crippen molar-refractivity contribution in [2.24, 2.45) is 4.99 Å². The molecule has 0 aliphatic carbocycles. The first-order valence-electron chi connectivity index (χ1n) is 9.18. The first-order chi connectivity index (χ1) is 12.2. The molecule has 0 fully saturated rings. The zero-order chi connectivity index (χ0) is 18.1. The van der Waals surface area contributed by atoms with Crippen molar-refractivity contribution in [2.75, 3.05) is 23.7 Å². The molecule has 0 atom stereocenters. The van der Waals surface area contributed by atoms with Gasteiger partial charge in [-0.05, 0) is 54.1 Å². The zero-order valence-electron chi connectivity index (χ0n) is 15.5. The lowest BCUT2D eigenvalue weighted by Crippen LogP contribution is -2.25. The van der Waals surface area contributed by atoms with Gasteiger partial charge < -0.3 is 4.90 Å². The molecule has 0 bridgehead atoms. The van der Waals surface area contributed by atoms with Gasteiger partial charge in [0.25, 0.3) is 0 Å². The standard InChI is InChI=1S/C20H28N2OS2/c1-4-7-13-22(14-8-5-2)17-11-9-16(10-12-17)15-18-19(23)25-20(21-18)24-6-3/h9-12,15H,4-8,13-14H2,1-3H3. The molecule has 5 heteroatoms. The summed E-state index contributed by atoms with van der Waals surface area (Å²) in [6.45, 7) is 8.74. The van der Waals surface area contributed by atoms with Gasteiger partial charge in [-0.25, -0.2) is 4.99 Å². The summed E-state index contributed by atoms with van der Waals surface area (Å²) < 4.78 is 0.862. The average Bonchev–Trinajstić information content (AvgIpc) is 2.95. The Hall–Kier alpha value is -1.20. The van der Waals surface area contributed by atoms with Crippen molar-refractivity contribution in [2.45, 2.75) is 46.5 Å². The summed E-state index contributed by atoms with van der Waals surface area (Å²) in [7, 11) is 0. The van der Waals surface area contributed by atoms with E-state index in [9.17, 15) is 4.79 Å². The lowest BCUT2D eigenvalue weighted by atomic mass is 10.1. The monoisotopic (exact) mass is 376 g/mol. The van der Waals surface area contributed by atoms with Gasteiger partial charge >= 0.3 is 0 Å². The summed E-state index contributed by atoms with van der Waals surface area (Å²) in [6, 6.07) is 8.50. The van der Waals surface area contributed by atoms with Crippen LogP contribution >= 0.6 is 23.5 Å². The number of hydrogen-bond donors (Lipinski definition) is 0. The second kappa shape index (κ2) is 10.7. The van der Waals surface area contributed by atoms with E-state index in [1.54, 1.807) is 11.8 Å². The van der Waals surface area contributed by atoms with Gasteiger partial charge in [-0.2, -0.15) is 0 Å². The summed E-state index contributed by atoms with van der Waals surface area (Å²) in [4.78, 5) is 18.9. The van der Waals surface area contributed by atoms with E-state index in [2.05, 4.69) is 54.9 Å². The average molecular weight is 377 g/mol. The van der Waals surface area contributed by atoms with Crippen molar-refractivity contribution < 1.29 is 4.79 Å². The minimum Gasteiger partial charge on any atom is -0.372 e. The lowest BCUT2D eigenvalue weighted by molar-refractivity contribution is -0.107. The van der Waals surface area contributed by atoms with Crippen LogP contribution in [0.4, 0.5) is 5.69 Å². The first kappa shape index (κ1) is 20.1. The van der Waals surface area contributed by atoms with Crippen LogP contribution in [0.2, 0.25) is 0 Å². The highest BCUT2D eigenvalue weighted by Gasteiger charge is 2.21. The fourth-order valence-electron chi connectivity index (χ4n) is 2.58. The van der Waals surface area contributed by atoms with E-state index in [-0.39, 0.29) is 5.12 Å². The fraction of sp³-hybridized carbons (Fsp3) is 0.500. The number of carbonyl (C=O) groups excluding carboxylic acids is 1. The maximum atomic E-state index is 12.0. The van der Waals surface area contributed by atoms with Crippen molar-refractivity contribution >= 4 is 44.8 Å². The summed E-state index contributed by atoms with van der Waals surface area (Å²) >= 11 is 2.86. The molecule has 3 nitrogen and oxygen atoms in total. The maximum Gasteiger partial charge on any atom is 0.244 e. The summed E-state index contributed by atoms with van der Waals surface area (Å²) in [6.07, 6.45) is 6.75. The highest BCUT2D eigenvalue weighted by atomic mass is 32.2. The van der Waals surface area contributed by atoms with Crippen molar-refractivity contribution in [1.82, 2.24) is 0 Å². The number of benzene rings is 1. The smallest absolute Gasteiger partial charge is 0.244 e. The third-order valence-corrected chi connectivity index (χ3v) is 5.88. The van der Waals surface area contributed by atoms with Crippen LogP contribution in [0.25, 0.3) is 6.08 Å². The van der Waals surface area contributed by atoms with E-state index >= 15 is 0 Å². The van der Waals surface area contributed by atoms with Gasteiger partial charge in [0.1, 0.15) is 10.1 Å². The number of unbranched alkanes of at least 4 members (excludes halogenated alkanes) is 2. The molecular weight excluding hydrogens is 348 g/mol. The molecule has 0 saturated carbocycles. The predicted molar refractivity (Wildman–Crippen MR) is 115 cm³/mol. The number of rotatable bonds is 9. The van der Waals surface area contributed by atoms with Crippen LogP contribution in [0.5, 0.6) is 0 Å². The van der Waals surface area contributed by atoms with Crippen LogP contribution in [-0.4, -0.2) is 28.3 Å². The number of hydrogen-bond acceptors (Lipinski definition) is 5. The highest BCUT2D eigenvalue weighted by Crippen LogP contribution is 2.31. The van der Waals surface area contributed by atoms with E-state index in [1.807, 2.05) is 6.08 Å². The Balaban J connectivity index is 2.10. The summed E-state index contributed by atoms with van der Waals surface area (Å²) in [5.74, 6) is 0.937. The van der Waals surface area contributed by atoms with Crippen LogP contribution in [0.1, 0.15) is 52.0 Å². The molecule has 136 valence electrons. The molecule has 0 N–H and O–H groups in total.